The lowest BCUT2D eigenvalue weighted by atomic mass is 10.3. The molecule has 0 aliphatic carbocycles. The van der Waals surface area contributed by atoms with Crippen LogP contribution in [0.5, 0.6) is 5.75 Å². The molecule has 0 saturated heterocycles. The zero-order chi connectivity index (χ0) is 8.10. The Labute approximate surface area is 79.1 Å². The predicted molar refractivity (Wildman–Crippen MR) is 53.9 cm³/mol. The molecule has 0 fully saturated rings. The summed E-state index contributed by atoms with van der Waals surface area (Å²) >= 11 is 0. The second kappa shape index (κ2) is 5.72. The average molecular weight is 188 g/mol. The highest BCUT2D eigenvalue weighted by atomic mass is 35.5. The first-order valence-corrected chi connectivity index (χ1v) is 3.81. The van der Waals surface area contributed by atoms with Crippen molar-refractivity contribution >= 4 is 18.1 Å². The Morgan fingerprint density at radius 1 is 1.25 bits per heavy atom. The maximum absolute atomic E-state index is 5.50. The third kappa shape index (κ3) is 3.49. The molecule has 1 rings (SSSR count). The molecule has 0 aliphatic heterocycles. The molecular formula is C9H14ClNO. The molecule has 0 unspecified atom stereocenters. The van der Waals surface area contributed by atoms with E-state index in [4.69, 9.17) is 10.5 Å². The van der Waals surface area contributed by atoms with Crippen LogP contribution in [0.25, 0.3) is 0 Å². The molecule has 0 aliphatic rings. The van der Waals surface area contributed by atoms with Gasteiger partial charge in [0, 0.05) is 5.69 Å². The zero-order valence-corrected chi connectivity index (χ0v) is 7.93. The van der Waals surface area contributed by atoms with E-state index in [1.807, 2.05) is 24.3 Å². The number of nitrogens with two attached hydrogens (primary N) is 1. The van der Waals surface area contributed by atoms with Crippen LogP contribution in [0.3, 0.4) is 0 Å². The van der Waals surface area contributed by atoms with Gasteiger partial charge in [0.1, 0.15) is 5.75 Å². The highest BCUT2D eigenvalue weighted by molar-refractivity contribution is 5.85. The topological polar surface area (TPSA) is 35.2 Å². The number of rotatable bonds is 3. The molecule has 2 nitrogen and oxygen atoms in total. The molecule has 0 saturated carbocycles. The van der Waals surface area contributed by atoms with Crippen molar-refractivity contribution in [3.63, 3.8) is 0 Å². The summed E-state index contributed by atoms with van der Waals surface area (Å²) < 4.78 is 5.35. The van der Waals surface area contributed by atoms with Gasteiger partial charge in [0.05, 0.1) is 6.61 Å². The van der Waals surface area contributed by atoms with Crippen LogP contribution in [0.4, 0.5) is 5.69 Å². The van der Waals surface area contributed by atoms with Crippen LogP contribution in [0.15, 0.2) is 24.3 Å². The van der Waals surface area contributed by atoms with Crippen LogP contribution in [-0.4, -0.2) is 6.61 Å². The van der Waals surface area contributed by atoms with E-state index in [0.29, 0.717) is 0 Å². The molecule has 3 heteroatoms. The first kappa shape index (κ1) is 11.1. The Morgan fingerprint density at radius 2 is 1.83 bits per heavy atom. The smallest absolute Gasteiger partial charge is 0.119 e. The van der Waals surface area contributed by atoms with Gasteiger partial charge in [0.15, 0.2) is 0 Å². The largest absolute Gasteiger partial charge is 0.494 e. The molecule has 0 bridgehead atoms. The molecule has 0 amide bonds. The molecule has 1 aromatic rings. The fraction of sp³-hybridized carbons (Fsp3) is 0.333. The third-order valence-electron chi connectivity index (χ3n) is 1.35. The SMILES string of the molecule is CCCOc1ccc(N)cc1.Cl. The van der Waals surface area contributed by atoms with Crippen LogP contribution in [0.1, 0.15) is 13.3 Å². The Kier molecular flexibility index (Phi) is 5.30. The summed E-state index contributed by atoms with van der Waals surface area (Å²) in [5.41, 5.74) is 6.27. The first-order chi connectivity index (χ1) is 5.33. The Bertz CT molecular complexity index is 210. The van der Waals surface area contributed by atoms with Crippen LogP contribution < -0.4 is 10.5 Å². The van der Waals surface area contributed by atoms with Crippen molar-refractivity contribution in [2.24, 2.45) is 0 Å². The number of hydrogen-bond acceptors (Lipinski definition) is 2. The molecule has 2 N–H and O–H groups in total. The van der Waals surface area contributed by atoms with Gasteiger partial charge in [-0.2, -0.15) is 0 Å². The summed E-state index contributed by atoms with van der Waals surface area (Å²) in [5, 5.41) is 0. The second-order valence-corrected chi connectivity index (χ2v) is 2.42. The van der Waals surface area contributed by atoms with Crippen molar-refractivity contribution in [1.29, 1.82) is 0 Å². The van der Waals surface area contributed by atoms with Gasteiger partial charge in [-0.3, -0.25) is 0 Å². The van der Waals surface area contributed by atoms with Gasteiger partial charge in [-0.1, -0.05) is 6.92 Å². The highest BCUT2D eigenvalue weighted by Gasteiger charge is 1.90. The lowest BCUT2D eigenvalue weighted by molar-refractivity contribution is 0.317. The summed E-state index contributed by atoms with van der Waals surface area (Å²) in [7, 11) is 0. The molecule has 0 atom stereocenters. The molecule has 0 heterocycles. The van der Waals surface area contributed by atoms with E-state index in [9.17, 15) is 0 Å². The number of hydrogen-bond donors (Lipinski definition) is 1. The Balaban J connectivity index is 0.00000121. The van der Waals surface area contributed by atoms with Crippen LogP contribution in [-0.2, 0) is 0 Å². The molecular weight excluding hydrogens is 174 g/mol. The fourth-order valence-corrected chi connectivity index (χ4v) is 0.784. The van der Waals surface area contributed by atoms with Gasteiger partial charge in [0.2, 0.25) is 0 Å². The molecule has 68 valence electrons. The summed E-state index contributed by atoms with van der Waals surface area (Å²) in [5.74, 6) is 0.890. The average Bonchev–Trinajstić information content (AvgIpc) is 2.04. The van der Waals surface area contributed by atoms with Crippen LogP contribution in [0.2, 0.25) is 0 Å². The van der Waals surface area contributed by atoms with Crippen molar-refractivity contribution in [2.75, 3.05) is 12.3 Å². The lowest BCUT2D eigenvalue weighted by Gasteiger charge is -2.03. The quantitative estimate of drug-likeness (QED) is 0.738. The van der Waals surface area contributed by atoms with Gasteiger partial charge >= 0.3 is 0 Å². The number of benzene rings is 1. The number of nitrogen functional groups attached to an aromatic ring is 1. The van der Waals surface area contributed by atoms with E-state index in [-0.39, 0.29) is 12.4 Å². The number of anilines is 1. The molecule has 0 aromatic heterocycles. The minimum atomic E-state index is 0. The summed E-state index contributed by atoms with van der Waals surface area (Å²) in [6.07, 6.45) is 1.03. The monoisotopic (exact) mass is 187 g/mol. The summed E-state index contributed by atoms with van der Waals surface area (Å²) in [6.45, 7) is 2.85. The number of halogens is 1. The van der Waals surface area contributed by atoms with E-state index >= 15 is 0 Å². The summed E-state index contributed by atoms with van der Waals surface area (Å²) in [6, 6.07) is 7.44. The predicted octanol–water partition coefficient (Wildman–Crippen LogP) is 2.48. The van der Waals surface area contributed by atoms with Crippen LogP contribution in [0, 0.1) is 0 Å². The van der Waals surface area contributed by atoms with E-state index in [1.54, 1.807) is 0 Å². The van der Waals surface area contributed by atoms with Crippen molar-refractivity contribution < 1.29 is 4.74 Å². The number of ether oxygens (including phenoxy) is 1. The van der Waals surface area contributed by atoms with E-state index in [0.717, 1.165) is 24.5 Å². The fourth-order valence-electron chi connectivity index (χ4n) is 0.784. The van der Waals surface area contributed by atoms with Gasteiger partial charge in [-0.15, -0.1) is 12.4 Å². The molecule has 0 radical (unpaired) electrons. The van der Waals surface area contributed by atoms with Gasteiger partial charge in [-0.05, 0) is 30.7 Å². The third-order valence-corrected chi connectivity index (χ3v) is 1.35. The molecule has 1 aromatic carbocycles. The van der Waals surface area contributed by atoms with E-state index < -0.39 is 0 Å². The van der Waals surface area contributed by atoms with Gasteiger partial charge in [0.25, 0.3) is 0 Å². The highest BCUT2D eigenvalue weighted by Crippen LogP contribution is 2.12. The lowest BCUT2D eigenvalue weighted by Crippen LogP contribution is -1.94. The van der Waals surface area contributed by atoms with Crippen molar-refractivity contribution in [3.05, 3.63) is 24.3 Å². The van der Waals surface area contributed by atoms with Crippen molar-refractivity contribution in [3.8, 4) is 5.75 Å². The zero-order valence-electron chi connectivity index (χ0n) is 7.12. The van der Waals surface area contributed by atoms with E-state index in [2.05, 4.69) is 6.92 Å². The molecule has 12 heavy (non-hydrogen) atoms. The first-order valence-electron chi connectivity index (χ1n) is 3.81. The van der Waals surface area contributed by atoms with Crippen molar-refractivity contribution in [1.82, 2.24) is 0 Å². The van der Waals surface area contributed by atoms with Crippen LogP contribution >= 0.6 is 12.4 Å². The normalized spacial score (nSPS) is 8.75. The Hall–Kier alpha value is -0.890. The van der Waals surface area contributed by atoms with Crippen molar-refractivity contribution in [2.45, 2.75) is 13.3 Å². The minimum absolute atomic E-state index is 0. The van der Waals surface area contributed by atoms with Gasteiger partial charge in [-0.25, -0.2) is 0 Å². The Morgan fingerprint density at radius 3 is 2.33 bits per heavy atom. The maximum Gasteiger partial charge on any atom is 0.119 e. The minimum Gasteiger partial charge on any atom is -0.494 e. The summed E-state index contributed by atoms with van der Waals surface area (Å²) in [4.78, 5) is 0. The standard InChI is InChI=1S/C9H13NO.ClH/c1-2-7-11-9-5-3-8(10)4-6-9;/h3-6H,2,7,10H2,1H3;1H. The van der Waals surface area contributed by atoms with E-state index in [1.165, 1.54) is 0 Å². The molecule has 0 spiro atoms. The maximum atomic E-state index is 5.50. The second-order valence-electron chi connectivity index (χ2n) is 2.42. The van der Waals surface area contributed by atoms with Gasteiger partial charge < -0.3 is 10.5 Å².